The summed E-state index contributed by atoms with van der Waals surface area (Å²) in [4.78, 5) is 16.0. The highest BCUT2D eigenvalue weighted by Crippen LogP contribution is 2.29. The lowest BCUT2D eigenvalue weighted by Crippen LogP contribution is -2.38. The minimum Gasteiger partial charge on any atom is -0.279 e. The summed E-state index contributed by atoms with van der Waals surface area (Å²) < 4.78 is 4.40. The van der Waals surface area contributed by atoms with Gasteiger partial charge in [0, 0.05) is 17.6 Å². The van der Waals surface area contributed by atoms with Gasteiger partial charge in [-0.25, -0.2) is 0 Å². The zero-order valence-electron chi connectivity index (χ0n) is 15.5. The molecule has 0 amide bonds. The van der Waals surface area contributed by atoms with Crippen molar-refractivity contribution >= 4 is 32.6 Å². The Hall–Kier alpha value is -3.02. The predicted octanol–water partition coefficient (Wildman–Crippen LogP) is 3.32. The lowest BCUT2D eigenvalue weighted by Gasteiger charge is -2.30. The normalized spacial score (nSPS) is 15.7. The maximum Gasteiger partial charge on any atom is 0.264 e. The predicted molar refractivity (Wildman–Crippen MR) is 113 cm³/mol. The van der Waals surface area contributed by atoms with E-state index in [1.165, 1.54) is 0 Å². The van der Waals surface area contributed by atoms with E-state index in [1.807, 2.05) is 40.8 Å². The van der Waals surface area contributed by atoms with E-state index in [1.54, 1.807) is 17.0 Å². The first-order chi connectivity index (χ1) is 14.2. The molecule has 8 heteroatoms. The number of fused-ring (bicyclic) bond motifs is 3. The molecule has 1 unspecified atom stereocenters. The van der Waals surface area contributed by atoms with Crippen LogP contribution in [0.5, 0.6) is 0 Å². The summed E-state index contributed by atoms with van der Waals surface area (Å²) in [6.45, 7) is 1.76. The average molecular weight is 449 g/mol. The highest BCUT2D eigenvalue weighted by atomic mass is 79.9. The molecule has 0 radical (unpaired) electrons. The smallest absolute Gasteiger partial charge is 0.264 e. The second-order valence-corrected chi connectivity index (χ2v) is 8.11. The van der Waals surface area contributed by atoms with E-state index in [2.05, 4.69) is 37.1 Å². The summed E-state index contributed by atoms with van der Waals surface area (Å²) >= 11 is 3.48. The molecule has 7 nitrogen and oxygen atoms in total. The van der Waals surface area contributed by atoms with Gasteiger partial charge in [0.2, 0.25) is 5.78 Å². The number of hydrogen-bond donors (Lipinski definition) is 0. The van der Waals surface area contributed by atoms with Gasteiger partial charge in [0.25, 0.3) is 5.56 Å². The van der Waals surface area contributed by atoms with Crippen LogP contribution in [0.3, 0.4) is 0 Å². The third kappa shape index (κ3) is 2.94. The highest BCUT2D eigenvalue weighted by Gasteiger charge is 2.29. The van der Waals surface area contributed by atoms with Crippen molar-refractivity contribution < 1.29 is 0 Å². The second kappa shape index (κ2) is 7.10. The van der Waals surface area contributed by atoms with Crippen LogP contribution in [-0.4, -0.2) is 37.2 Å². The van der Waals surface area contributed by atoms with E-state index in [0.29, 0.717) is 16.7 Å². The SMILES string of the molecule is N#Cc1cccc(C(N2CCCC2)n2c(=O)c3cc(Br)ccc3n3cnnc23)c1. The topological polar surface area (TPSA) is 79.2 Å². The fourth-order valence-corrected chi connectivity index (χ4v) is 4.53. The molecule has 29 heavy (non-hydrogen) atoms. The number of nitriles is 1. The summed E-state index contributed by atoms with van der Waals surface area (Å²) in [6, 6.07) is 15.3. The molecular weight excluding hydrogens is 432 g/mol. The Morgan fingerprint density at radius 1 is 1.14 bits per heavy atom. The fraction of sp³-hybridized carbons (Fsp3) is 0.238. The summed E-state index contributed by atoms with van der Waals surface area (Å²) in [5, 5.41) is 18.3. The lowest BCUT2D eigenvalue weighted by molar-refractivity contribution is 0.213. The number of aromatic nitrogens is 4. The van der Waals surface area contributed by atoms with E-state index < -0.39 is 0 Å². The van der Waals surface area contributed by atoms with Gasteiger partial charge in [-0.15, -0.1) is 10.2 Å². The number of nitrogens with zero attached hydrogens (tertiary/aromatic N) is 6. The highest BCUT2D eigenvalue weighted by molar-refractivity contribution is 9.10. The van der Waals surface area contributed by atoms with Gasteiger partial charge in [-0.2, -0.15) is 5.26 Å². The number of rotatable bonds is 3. The first-order valence-electron chi connectivity index (χ1n) is 9.45. The van der Waals surface area contributed by atoms with Crippen LogP contribution in [0.25, 0.3) is 16.7 Å². The van der Waals surface area contributed by atoms with Crippen molar-refractivity contribution in [3.05, 3.63) is 74.7 Å². The van der Waals surface area contributed by atoms with E-state index in [4.69, 9.17) is 0 Å². The summed E-state index contributed by atoms with van der Waals surface area (Å²) in [7, 11) is 0. The van der Waals surface area contributed by atoms with Crippen LogP contribution >= 0.6 is 15.9 Å². The quantitative estimate of drug-likeness (QED) is 0.480. The fourth-order valence-electron chi connectivity index (χ4n) is 4.17. The molecule has 4 aromatic rings. The summed E-state index contributed by atoms with van der Waals surface area (Å²) in [5.74, 6) is 0.490. The van der Waals surface area contributed by atoms with Gasteiger partial charge in [-0.1, -0.05) is 28.1 Å². The Morgan fingerprint density at radius 2 is 1.97 bits per heavy atom. The van der Waals surface area contributed by atoms with Crippen LogP contribution in [0.15, 0.2) is 58.1 Å². The van der Waals surface area contributed by atoms with Crippen molar-refractivity contribution in [3.8, 4) is 6.07 Å². The molecule has 0 aliphatic carbocycles. The molecule has 0 saturated carbocycles. The van der Waals surface area contributed by atoms with Gasteiger partial charge in [0.05, 0.1) is 22.5 Å². The van der Waals surface area contributed by atoms with Gasteiger partial charge in [-0.05, 0) is 48.7 Å². The zero-order valence-corrected chi connectivity index (χ0v) is 17.1. The van der Waals surface area contributed by atoms with Gasteiger partial charge in [-0.3, -0.25) is 18.7 Å². The lowest BCUT2D eigenvalue weighted by atomic mass is 10.1. The maximum absolute atomic E-state index is 13.7. The monoisotopic (exact) mass is 448 g/mol. The zero-order chi connectivity index (χ0) is 20.0. The number of benzene rings is 2. The largest absolute Gasteiger partial charge is 0.279 e. The Balaban J connectivity index is 1.86. The molecule has 2 aromatic heterocycles. The van der Waals surface area contributed by atoms with E-state index in [-0.39, 0.29) is 11.7 Å². The molecule has 2 aromatic carbocycles. The molecule has 1 saturated heterocycles. The third-order valence-corrected chi connectivity index (χ3v) is 5.95. The van der Waals surface area contributed by atoms with Crippen molar-refractivity contribution in [2.24, 2.45) is 0 Å². The Morgan fingerprint density at radius 3 is 2.76 bits per heavy atom. The Kier molecular flexibility index (Phi) is 4.42. The minimum absolute atomic E-state index is 0.124. The molecule has 0 spiro atoms. The number of hydrogen-bond acceptors (Lipinski definition) is 5. The molecule has 3 heterocycles. The molecule has 144 valence electrons. The first kappa shape index (κ1) is 18.0. The van der Waals surface area contributed by atoms with Gasteiger partial charge in [0.1, 0.15) is 12.5 Å². The Labute approximate surface area is 174 Å². The second-order valence-electron chi connectivity index (χ2n) is 7.19. The van der Waals surface area contributed by atoms with Crippen LogP contribution in [0.1, 0.15) is 30.1 Å². The molecule has 1 aliphatic rings. The van der Waals surface area contributed by atoms with Crippen LogP contribution in [-0.2, 0) is 0 Å². The van der Waals surface area contributed by atoms with Crippen LogP contribution in [0, 0.1) is 11.3 Å². The molecule has 0 bridgehead atoms. The molecule has 0 N–H and O–H groups in total. The van der Waals surface area contributed by atoms with Crippen LogP contribution < -0.4 is 5.56 Å². The molecule has 5 rings (SSSR count). The van der Waals surface area contributed by atoms with Gasteiger partial charge in [0.15, 0.2) is 0 Å². The van der Waals surface area contributed by atoms with Gasteiger partial charge < -0.3 is 0 Å². The van der Waals surface area contributed by atoms with Gasteiger partial charge >= 0.3 is 0 Å². The van der Waals surface area contributed by atoms with Crippen LogP contribution in [0.2, 0.25) is 0 Å². The maximum atomic E-state index is 13.7. The third-order valence-electron chi connectivity index (χ3n) is 5.46. The Bertz CT molecular complexity index is 1330. The first-order valence-corrected chi connectivity index (χ1v) is 10.2. The minimum atomic E-state index is -0.353. The molecule has 1 fully saturated rings. The van der Waals surface area contributed by atoms with Crippen molar-refractivity contribution in [2.45, 2.75) is 19.0 Å². The standard InChI is InChI=1S/C21H17BrN6O/c22-16-6-7-18-17(11-16)20(29)28(21-25-24-13-27(18)21)19(26-8-1-2-9-26)15-5-3-4-14(10-15)12-23/h3-7,10-11,13,19H,1-2,8-9H2. The molecule has 1 atom stereocenters. The molecular formula is C21H17BrN6O. The number of halogens is 1. The molecule has 1 aliphatic heterocycles. The van der Waals surface area contributed by atoms with Crippen molar-refractivity contribution in [1.29, 1.82) is 5.26 Å². The van der Waals surface area contributed by atoms with Crippen LogP contribution in [0.4, 0.5) is 0 Å². The van der Waals surface area contributed by atoms with Crippen molar-refractivity contribution in [2.75, 3.05) is 13.1 Å². The van der Waals surface area contributed by atoms with Crippen molar-refractivity contribution in [3.63, 3.8) is 0 Å². The van der Waals surface area contributed by atoms with E-state index >= 15 is 0 Å². The number of likely N-dealkylation sites (tertiary alicyclic amines) is 1. The summed E-state index contributed by atoms with van der Waals surface area (Å²) in [6.07, 6.45) is 3.43. The van der Waals surface area contributed by atoms with E-state index in [0.717, 1.165) is 41.5 Å². The van der Waals surface area contributed by atoms with E-state index in [9.17, 15) is 10.1 Å². The van der Waals surface area contributed by atoms with Crippen molar-refractivity contribution in [1.82, 2.24) is 24.1 Å². The average Bonchev–Trinajstić information content (AvgIpc) is 3.43. The summed E-state index contributed by atoms with van der Waals surface area (Å²) in [5.41, 5.74) is 2.11.